The number of primary amides is 1. The molecule has 0 radical (unpaired) electrons. The van der Waals surface area contributed by atoms with Crippen molar-refractivity contribution in [1.82, 2.24) is 10.3 Å². The summed E-state index contributed by atoms with van der Waals surface area (Å²) in [5.74, 6) is 1.37. The van der Waals surface area contributed by atoms with Gasteiger partial charge in [0.2, 0.25) is 0 Å². The summed E-state index contributed by atoms with van der Waals surface area (Å²) >= 11 is 0. The van der Waals surface area contributed by atoms with Crippen LogP contribution in [0.25, 0.3) is 0 Å². The van der Waals surface area contributed by atoms with Crippen molar-refractivity contribution in [3.8, 4) is 0 Å². The maximum Gasteiger partial charge on any atom is 0.251 e. The van der Waals surface area contributed by atoms with Gasteiger partial charge in [-0.3, -0.25) is 14.4 Å². The zero-order valence-electron chi connectivity index (χ0n) is 21.3. The molecule has 2 aliphatic carbocycles. The van der Waals surface area contributed by atoms with Crippen molar-refractivity contribution in [2.75, 3.05) is 16.8 Å². The summed E-state index contributed by atoms with van der Waals surface area (Å²) in [6.45, 7) is 2.64. The summed E-state index contributed by atoms with van der Waals surface area (Å²) in [4.78, 5) is 44.7. The molecule has 8 heteroatoms. The van der Waals surface area contributed by atoms with Gasteiger partial charge in [-0.25, -0.2) is 4.98 Å². The molecule has 0 spiro atoms. The quantitative estimate of drug-likeness (QED) is 0.450. The number of fused-ring (bicyclic) bond motifs is 2. The fourth-order valence-electron chi connectivity index (χ4n) is 6.08. The molecule has 8 nitrogen and oxygen atoms in total. The van der Waals surface area contributed by atoms with E-state index in [1.54, 1.807) is 18.3 Å². The highest BCUT2D eigenvalue weighted by Gasteiger charge is 2.42. The number of carbonyl (C=O) groups is 3. The lowest BCUT2D eigenvalue weighted by atomic mass is 9.95. The van der Waals surface area contributed by atoms with Crippen LogP contribution in [0.15, 0.2) is 30.5 Å². The number of anilines is 2. The fourth-order valence-corrected chi connectivity index (χ4v) is 6.08. The maximum atomic E-state index is 13.4. The Bertz CT molecular complexity index is 1220. The van der Waals surface area contributed by atoms with Crippen molar-refractivity contribution in [2.45, 2.75) is 76.4 Å². The van der Waals surface area contributed by atoms with E-state index >= 15 is 0 Å². The van der Waals surface area contributed by atoms with Crippen LogP contribution in [0, 0.1) is 18.8 Å². The zero-order chi connectivity index (χ0) is 25.7. The molecule has 2 saturated heterocycles. The van der Waals surface area contributed by atoms with Crippen molar-refractivity contribution >= 4 is 29.1 Å². The second-order valence-corrected chi connectivity index (χ2v) is 11.4. The summed E-state index contributed by atoms with van der Waals surface area (Å²) in [5.41, 5.74) is 8.72. The number of aromatic nitrogens is 1. The number of piperidine rings is 1. The van der Waals surface area contributed by atoms with Gasteiger partial charge in [-0.1, -0.05) is 0 Å². The molecule has 2 aromatic rings. The number of ketones is 1. The molecule has 6 rings (SSSR count). The number of carbonyl (C=O) groups excluding carboxylic acids is 3. The number of rotatable bonds is 9. The van der Waals surface area contributed by atoms with Gasteiger partial charge in [0.05, 0.1) is 5.56 Å². The molecule has 37 heavy (non-hydrogen) atoms. The standard InChI is InChI=1S/C29H35N5O3/c1-16-10-24(28(30)36)25(31-14-17-2-3-17)13-23(16)29(37)33-20-11-21-7-8-22(12-20)34(21)26-9-6-19(15-32-26)27(35)18-4-5-18/h6,9-10,13,15,17-18,20-22,31H,2-5,7-8,11-12,14H2,1H3,(H2,30,36)(H,33,37)/t20?,21-,22+. The van der Waals surface area contributed by atoms with Crippen molar-refractivity contribution in [2.24, 2.45) is 17.6 Å². The first-order valence-electron chi connectivity index (χ1n) is 13.6. The number of nitrogens with zero attached hydrogens (tertiary/aromatic N) is 2. The number of amides is 2. The molecule has 1 aromatic heterocycles. The Hall–Kier alpha value is -3.42. The Morgan fingerprint density at radius 3 is 2.32 bits per heavy atom. The van der Waals surface area contributed by atoms with E-state index in [1.165, 1.54) is 12.8 Å². The smallest absolute Gasteiger partial charge is 0.251 e. The van der Waals surface area contributed by atoms with E-state index in [-0.39, 0.29) is 23.7 Å². The van der Waals surface area contributed by atoms with Gasteiger partial charge >= 0.3 is 0 Å². The number of pyridine rings is 1. The van der Waals surface area contributed by atoms with Crippen LogP contribution in [-0.4, -0.2) is 47.3 Å². The minimum atomic E-state index is -0.490. The van der Waals surface area contributed by atoms with E-state index in [1.807, 2.05) is 19.1 Å². The lowest BCUT2D eigenvalue weighted by Crippen LogP contribution is -2.50. The van der Waals surface area contributed by atoms with Crippen LogP contribution >= 0.6 is 0 Å². The van der Waals surface area contributed by atoms with Gasteiger partial charge in [0.25, 0.3) is 11.8 Å². The largest absolute Gasteiger partial charge is 0.384 e. The summed E-state index contributed by atoms with van der Waals surface area (Å²) in [6, 6.07) is 8.12. The first kappa shape index (κ1) is 23.9. The molecular formula is C29H35N5O3. The molecule has 4 aliphatic rings. The zero-order valence-corrected chi connectivity index (χ0v) is 21.3. The van der Waals surface area contributed by atoms with Crippen LogP contribution in [0.4, 0.5) is 11.5 Å². The highest BCUT2D eigenvalue weighted by atomic mass is 16.2. The molecule has 3 heterocycles. The predicted molar refractivity (Wildman–Crippen MR) is 142 cm³/mol. The topological polar surface area (TPSA) is 117 Å². The van der Waals surface area contributed by atoms with Crippen molar-refractivity contribution in [3.63, 3.8) is 0 Å². The number of Topliss-reactive ketones (excluding diaryl/α,β-unsaturated/α-hetero) is 1. The Morgan fingerprint density at radius 2 is 1.73 bits per heavy atom. The molecule has 2 aliphatic heterocycles. The lowest BCUT2D eigenvalue weighted by molar-refractivity contribution is 0.0923. The number of nitrogens with one attached hydrogen (secondary N) is 2. The van der Waals surface area contributed by atoms with Crippen LogP contribution in [0.5, 0.6) is 0 Å². The normalized spacial score (nSPS) is 24.6. The summed E-state index contributed by atoms with van der Waals surface area (Å²) < 4.78 is 0. The van der Waals surface area contributed by atoms with Gasteiger partial charge in [-0.05, 0) is 94.0 Å². The number of hydrogen-bond acceptors (Lipinski definition) is 6. The van der Waals surface area contributed by atoms with Crippen molar-refractivity contribution in [3.05, 3.63) is 52.7 Å². The molecule has 1 aromatic carbocycles. The second kappa shape index (κ2) is 9.47. The van der Waals surface area contributed by atoms with Gasteiger partial charge in [0.15, 0.2) is 5.78 Å². The molecule has 2 saturated carbocycles. The molecule has 194 valence electrons. The number of nitrogens with two attached hydrogens (primary N) is 1. The first-order valence-corrected chi connectivity index (χ1v) is 13.6. The summed E-state index contributed by atoms with van der Waals surface area (Å²) in [5, 5.41) is 6.61. The maximum absolute atomic E-state index is 13.4. The summed E-state index contributed by atoms with van der Waals surface area (Å²) in [7, 11) is 0. The Labute approximate surface area is 217 Å². The predicted octanol–water partition coefficient (Wildman–Crippen LogP) is 3.83. The van der Waals surface area contributed by atoms with Crippen molar-refractivity contribution in [1.29, 1.82) is 0 Å². The minimum absolute atomic E-state index is 0.0788. The third kappa shape index (κ3) is 4.93. The monoisotopic (exact) mass is 501 g/mol. The van der Waals surface area contributed by atoms with Crippen LogP contribution < -0.4 is 21.3 Å². The molecule has 4 N–H and O–H groups in total. The fraction of sp³-hybridized carbons (Fsp3) is 0.517. The van der Waals surface area contributed by atoms with E-state index in [2.05, 4.69) is 20.5 Å². The molecule has 3 atom stereocenters. The number of hydrogen-bond donors (Lipinski definition) is 3. The molecule has 2 bridgehead atoms. The van der Waals surface area contributed by atoms with Gasteiger partial charge < -0.3 is 21.3 Å². The van der Waals surface area contributed by atoms with Gasteiger partial charge in [-0.15, -0.1) is 0 Å². The highest BCUT2D eigenvalue weighted by molar-refractivity contribution is 6.03. The Morgan fingerprint density at radius 1 is 1.00 bits per heavy atom. The SMILES string of the molecule is Cc1cc(C(N)=O)c(NCC2CC2)cc1C(=O)NC1C[C@H]2CC[C@@H](C1)N2c1ccc(C(=O)C2CC2)cn1. The van der Waals surface area contributed by atoms with Crippen LogP contribution in [-0.2, 0) is 0 Å². The average molecular weight is 502 g/mol. The van der Waals surface area contributed by atoms with Crippen LogP contribution in [0.3, 0.4) is 0 Å². The van der Waals surface area contributed by atoms with Gasteiger partial charge in [-0.2, -0.15) is 0 Å². The van der Waals surface area contributed by atoms with E-state index in [0.717, 1.165) is 56.5 Å². The first-order chi connectivity index (χ1) is 17.9. The number of aryl methyl sites for hydroxylation is 1. The van der Waals surface area contributed by atoms with E-state index in [4.69, 9.17) is 5.73 Å². The summed E-state index contributed by atoms with van der Waals surface area (Å²) in [6.07, 6.45) is 9.97. The van der Waals surface area contributed by atoms with E-state index < -0.39 is 5.91 Å². The molecular weight excluding hydrogens is 466 g/mol. The lowest BCUT2D eigenvalue weighted by Gasteiger charge is -2.40. The van der Waals surface area contributed by atoms with Crippen LogP contribution in [0.2, 0.25) is 0 Å². The Kier molecular flexibility index (Phi) is 6.13. The van der Waals surface area contributed by atoms with Crippen molar-refractivity contribution < 1.29 is 14.4 Å². The molecule has 2 amide bonds. The number of benzene rings is 1. The van der Waals surface area contributed by atoms with Gasteiger partial charge in [0.1, 0.15) is 5.82 Å². The molecule has 1 unspecified atom stereocenters. The molecule has 4 fully saturated rings. The third-order valence-corrected chi connectivity index (χ3v) is 8.47. The average Bonchev–Trinajstić information content (AvgIpc) is 3.80. The third-order valence-electron chi connectivity index (χ3n) is 8.47. The van der Waals surface area contributed by atoms with Gasteiger partial charge in [0, 0.05) is 53.6 Å². The minimum Gasteiger partial charge on any atom is -0.384 e. The Balaban J connectivity index is 1.13. The van der Waals surface area contributed by atoms with E-state index in [0.29, 0.717) is 40.4 Å². The highest BCUT2D eigenvalue weighted by Crippen LogP contribution is 2.39. The van der Waals surface area contributed by atoms with Crippen LogP contribution in [0.1, 0.15) is 88.0 Å². The second-order valence-electron chi connectivity index (χ2n) is 11.4. The van der Waals surface area contributed by atoms with E-state index in [9.17, 15) is 14.4 Å².